The van der Waals surface area contributed by atoms with Crippen molar-refractivity contribution in [3.63, 3.8) is 0 Å². The Balaban J connectivity index is 1.31. The van der Waals surface area contributed by atoms with Gasteiger partial charge in [-0.1, -0.05) is 19.3 Å². The number of ether oxygens (including phenoxy) is 2. The number of hydrogen-bond acceptors (Lipinski definition) is 10. The van der Waals surface area contributed by atoms with E-state index in [0.29, 0.717) is 68.8 Å². The molecule has 1 saturated carbocycles. The molecule has 0 unspecified atom stereocenters. The molecule has 0 bridgehead atoms. The van der Waals surface area contributed by atoms with Crippen LogP contribution < -0.4 is 26.6 Å². The number of piperidine rings is 1. The van der Waals surface area contributed by atoms with Gasteiger partial charge < -0.3 is 36.1 Å². The van der Waals surface area contributed by atoms with Crippen LogP contribution in [0, 0.1) is 5.92 Å². The standard InChI is InChI=1S/C28H44N8O3/c29-13-17-38-19-20-39-18-14-30-25(37)23-9-11-24(12-10-23)32-27-33-26(31-21-22-7-3-1-4-8-22)34-28(35-27)36-15-5-2-6-16-36/h9-12,22H,1-8,13-21,29H2,(H,30,37)(H2,31,32,33,34,35). The molecule has 11 heteroatoms. The number of nitrogens with two attached hydrogens (primary N) is 1. The Bertz CT molecular complexity index is 995. The second-order valence-electron chi connectivity index (χ2n) is 10.2. The van der Waals surface area contributed by atoms with Gasteiger partial charge in [0.15, 0.2) is 0 Å². The summed E-state index contributed by atoms with van der Waals surface area (Å²) in [5.41, 5.74) is 6.75. The highest BCUT2D eigenvalue weighted by Gasteiger charge is 2.18. The number of aromatic nitrogens is 3. The summed E-state index contributed by atoms with van der Waals surface area (Å²) in [5, 5.41) is 9.66. The summed E-state index contributed by atoms with van der Waals surface area (Å²) in [6.45, 7) is 5.66. The van der Waals surface area contributed by atoms with E-state index in [0.717, 1.165) is 38.2 Å². The molecule has 2 heterocycles. The summed E-state index contributed by atoms with van der Waals surface area (Å²) in [6.07, 6.45) is 10.0. The molecule has 2 aromatic rings. The zero-order valence-corrected chi connectivity index (χ0v) is 23.0. The predicted octanol–water partition coefficient (Wildman–Crippen LogP) is 3.32. The monoisotopic (exact) mass is 540 g/mol. The Morgan fingerprint density at radius 2 is 1.56 bits per heavy atom. The van der Waals surface area contributed by atoms with E-state index >= 15 is 0 Å². The molecule has 0 atom stereocenters. The van der Waals surface area contributed by atoms with Gasteiger partial charge in [-0.25, -0.2) is 0 Å². The van der Waals surface area contributed by atoms with Crippen LogP contribution >= 0.6 is 0 Å². The Labute approximate surface area is 231 Å². The van der Waals surface area contributed by atoms with Gasteiger partial charge in [-0.05, 0) is 62.3 Å². The highest BCUT2D eigenvalue weighted by atomic mass is 16.5. The number of anilines is 4. The second kappa shape index (κ2) is 16.2. The van der Waals surface area contributed by atoms with Gasteiger partial charge in [0.25, 0.3) is 5.91 Å². The van der Waals surface area contributed by atoms with Crippen LogP contribution in [-0.4, -0.2) is 80.0 Å². The Kier molecular flexibility index (Phi) is 12.0. The van der Waals surface area contributed by atoms with E-state index in [2.05, 4.69) is 25.8 Å². The zero-order chi connectivity index (χ0) is 27.1. The maximum atomic E-state index is 12.5. The van der Waals surface area contributed by atoms with Gasteiger partial charge in [-0.15, -0.1) is 0 Å². The second-order valence-corrected chi connectivity index (χ2v) is 10.2. The smallest absolute Gasteiger partial charge is 0.251 e. The van der Waals surface area contributed by atoms with Crippen LogP contribution in [0.5, 0.6) is 0 Å². The molecule has 39 heavy (non-hydrogen) atoms. The molecule has 1 aliphatic heterocycles. The fourth-order valence-electron chi connectivity index (χ4n) is 4.94. The van der Waals surface area contributed by atoms with Crippen LogP contribution in [0.3, 0.4) is 0 Å². The molecular weight excluding hydrogens is 496 g/mol. The summed E-state index contributed by atoms with van der Waals surface area (Å²) in [5.74, 6) is 2.35. The van der Waals surface area contributed by atoms with E-state index in [1.165, 1.54) is 38.5 Å². The summed E-state index contributed by atoms with van der Waals surface area (Å²) in [6, 6.07) is 7.29. The van der Waals surface area contributed by atoms with E-state index in [1.54, 1.807) is 12.1 Å². The summed E-state index contributed by atoms with van der Waals surface area (Å²) < 4.78 is 10.7. The fraction of sp³-hybridized carbons (Fsp3) is 0.643. The molecule has 2 fully saturated rings. The molecular formula is C28H44N8O3. The third-order valence-electron chi connectivity index (χ3n) is 7.11. The lowest BCUT2D eigenvalue weighted by atomic mass is 9.89. The number of rotatable bonds is 15. The molecule has 11 nitrogen and oxygen atoms in total. The number of nitrogens with zero attached hydrogens (tertiary/aromatic N) is 4. The van der Waals surface area contributed by atoms with Crippen molar-refractivity contribution in [2.75, 3.05) is 74.7 Å². The summed E-state index contributed by atoms with van der Waals surface area (Å²) in [7, 11) is 0. The molecule has 1 aliphatic carbocycles. The van der Waals surface area contributed by atoms with Gasteiger partial charge in [-0.3, -0.25) is 4.79 Å². The van der Waals surface area contributed by atoms with E-state index in [-0.39, 0.29) is 5.91 Å². The largest absolute Gasteiger partial charge is 0.378 e. The first-order chi connectivity index (χ1) is 19.2. The number of benzene rings is 1. The van der Waals surface area contributed by atoms with Gasteiger partial charge in [-0.2, -0.15) is 15.0 Å². The van der Waals surface area contributed by atoms with Crippen LogP contribution in [0.15, 0.2) is 24.3 Å². The minimum Gasteiger partial charge on any atom is -0.378 e. The van der Waals surface area contributed by atoms with Crippen molar-refractivity contribution in [3.8, 4) is 0 Å². The highest BCUT2D eigenvalue weighted by Crippen LogP contribution is 2.25. The minimum absolute atomic E-state index is 0.147. The van der Waals surface area contributed by atoms with Gasteiger partial charge >= 0.3 is 0 Å². The van der Waals surface area contributed by atoms with Crippen LogP contribution in [0.1, 0.15) is 61.7 Å². The average Bonchev–Trinajstić information content (AvgIpc) is 2.98. The molecule has 1 saturated heterocycles. The first kappa shape index (κ1) is 29.0. The lowest BCUT2D eigenvalue weighted by molar-refractivity contribution is 0.0511. The molecule has 1 amide bonds. The minimum atomic E-state index is -0.147. The molecule has 1 aromatic heterocycles. The number of carbonyl (C=O) groups excluding carboxylic acids is 1. The maximum Gasteiger partial charge on any atom is 0.251 e. The van der Waals surface area contributed by atoms with E-state index in [9.17, 15) is 4.79 Å². The predicted molar refractivity (Wildman–Crippen MR) is 154 cm³/mol. The SMILES string of the molecule is NCCOCCOCCNC(=O)c1ccc(Nc2nc(NCC3CCCCC3)nc(N3CCCCC3)n2)cc1. The van der Waals surface area contributed by atoms with Crippen molar-refractivity contribution in [2.24, 2.45) is 11.7 Å². The van der Waals surface area contributed by atoms with Gasteiger partial charge in [0.2, 0.25) is 17.8 Å². The van der Waals surface area contributed by atoms with Crippen molar-refractivity contribution >= 4 is 29.4 Å². The third kappa shape index (κ3) is 9.90. The molecule has 5 N–H and O–H groups in total. The number of amides is 1. The van der Waals surface area contributed by atoms with Crippen molar-refractivity contribution in [1.29, 1.82) is 0 Å². The molecule has 0 spiro atoms. The number of nitrogens with one attached hydrogen (secondary N) is 3. The van der Waals surface area contributed by atoms with Crippen LogP contribution in [0.4, 0.5) is 23.5 Å². The van der Waals surface area contributed by atoms with Gasteiger partial charge in [0.05, 0.1) is 26.4 Å². The zero-order valence-electron chi connectivity index (χ0n) is 23.0. The van der Waals surface area contributed by atoms with Crippen molar-refractivity contribution in [1.82, 2.24) is 20.3 Å². The molecule has 1 aromatic carbocycles. The van der Waals surface area contributed by atoms with Crippen molar-refractivity contribution in [2.45, 2.75) is 51.4 Å². The molecule has 2 aliphatic rings. The summed E-state index contributed by atoms with van der Waals surface area (Å²) in [4.78, 5) is 28.9. The van der Waals surface area contributed by atoms with E-state index < -0.39 is 0 Å². The first-order valence-corrected chi connectivity index (χ1v) is 14.5. The Morgan fingerprint density at radius 3 is 2.31 bits per heavy atom. The fourth-order valence-corrected chi connectivity index (χ4v) is 4.94. The lowest BCUT2D eigenvalue weighted by Gasteiger charge is -2.27. The topological polar surface area (TPSA) is 140 Å². The summed E-state index contributed by atoms with van der Waals surface area (Å²) >= 11 is 0. The van der Waals surface area contributed by atoms with E-state index in [4.69, 9.17) is 25.2 Å². The average molecular weight is 541 g/mol. The third-order valence-corrected chi connectivity index (χ3v) is 7.11. The van der Waals surface area contributed by atoms with Crippen molar-refractivity contribution < 1.29 is 14.3 Å². The Morgan fingerprint density at radius 1 is 0.872 bits per heavy atom. The van der Waals surface area contributed by atoms with Gasteiger partial charge in [0, 0.05) is 44.0 Å². The number of carbonyl (C=O) groups is 1. The maximum absolute atomic E-state index is 12.5. The van der Waals surface area contributed by atoms with Crippen LogP contribution in [0.2, 0.25) is 0 Å². The number of hydrogen-bond donors (Lipinski definition) is 4. The normalized spacial score (nSPS) is 16.2. The molecule has 4 rings (SSSR count). The van der Waals surface area contributed by atoms with Crippen LogP contribution in [-0.2, 0) is 9.47 Å². The quantitative estimate of drug-likeness (QED) is 0.249. The van der Waals surface area contributed by atoms with Crippen LogP contribution in [0.25, 0.3) is 0 Å². The Hall–Kier alpha value is -3.02. The van der Waals surface area contributed by atoms with E-state index in [1.807, 2.05) is 12.1 Å². The van der Waals surface area contributed by atoms with Gasteiger partial charge in [0.1, 0.15) is 0 Å². The highest BCUT2D eigenvalue weighted by molar-refractivity contribution is 5.94. The lowest BCUT2D eigenvalue weighted by Crippen LogP contribution is -2.31. The molecule has 214 valence electrons. The molecule has 0 radical (unpaired) electrons. The first-order valence-electron chi connectivity index (χ1n) is 14.5. The van der Waals surface area contributed by atoms with Crippen molar-refractivity contribution in [3.05, 3.63) is 29.8 Å².